The zero-order chi connectivity index (χ0) is 26.6. The van der Waals surface area contributed by atoms with E-state index in [0.29, 0.717) is 45.7 Å². The number of hydrogen-bond donors (Lipinski definition) is 2. The maximum atomic E-state index is 13.0. The van der Waals surface area contributed by atoms with E-state index in [2.05, 4.69) is 15.7 Å². The van der Waals surface area contributed by atoms with Gasteiger partial charge in [-0.3, -0.25) is 9.48 Å². The Balaban J connectivity index is 1.85. The van der Waals surface area contributed by atoms with Gasteiger partial charge in [-0.05, 0) is 70.1 Å². The second-order valence-corrected chi connectivity index (χ2v) is 10.0. The van der Waals surface area contributed by atoms with Crippen LogP contribution in [-0.4, -0.2) is 51.9 Å². The van der Waals surface area contributed by atoms with Gasteiger partial charge in [0.15, 0.2) is 5.11 Å². The number of thiophene rings is 1. The number of nitrogens with zero attached hydrogens (tertiary/aromatic N) is 3. The quantitative estimate of drug-likeness (QED) is 0.278. The number of amides is 1. The Hall–Kier alpha value is -2.95. The van der Waals surface area contributed by atoms with E-state index in [1.165, 1.54) is 18.4 Å². The van der Waals surface area contributed by atoms with E-state index in [9.17, 15) is 9.59 Å². The Morgan fingerprint density at radius 2 is 1.78 bits per heavy atom. The third-order valence-electron chi connectivity index (χ3n) is 5.87. The predicted molar refractivity (Wildman–Crippen MR) is 150 cm³/mol. The highest BCUT2D eigenvalue weighted by Gasteiger charge is 2.28. The lowest BCUT2D eigenvalue weighted by Crippen LogP contribution is -2.30. The number of thiocarbonyl (C=S) groups is 1. The number of hydrogen-bond acceptors (Lipinski definition) is 6. The molecular weight excluding hydrogens is 518 g/mol. The number of anilines is 2. The molecule has 192 valence electrons. The number of benzene rings is 1. The number of ether oxygens (including phenoxy) is 1. The summed E-state index contributed by atoms with van der Waals surface area (Å²) in [5, 5.41) is 12.4. The number of esters is 1. The van der Waals surface area contributed by atoms with Crippen LogP contribution in [0.15, 0.2) is 24.3 Å². The van der Waals surface area contributed by atoms with Gasteiger partial charge in [-0.25, -0.2) is 4.79 Å². The summed E-state index contributed by atoms with van der Waals surface area (Å²) in [6.45, 7) is 11.2. The van der Waals surface area contributed by atoms with Gasteiger partial charge in [0.05, 0.1) is 41.2 Å². The average Bonchev–Trinajstić information content (AvgIpc) is 3.31. The summed E-state index contributed by atoms with van der Waals surface area (Å²) in [5.74, 6) is -0.662. The molecule has 0 aliphatic rings. The van der Waals surface area contributed by atoms with Crippen LogP contribution in [0, 0.1) is 20.8 Å². The van der Waals surface area contributed by atoms with Crippen LogP contribution in [0.4, 0.5) is 10.7 Å². The highest BCUT2D eigenvalue weighted by molar-refractivity contribution is 7.80. The highest BCUT2D eigenvalue weighted by Crippen LogP contribution is 2.35. The van der Waals surface area contributed by atoms with E-state index in [1.807, 2.05) is 56.6 Å². The Labute approximate surface area is 225 Å². The van der Waals surface area contributed by atoms with Gasteiger partial charge in [0, 0.05) is 18.1 Å². The van der Waals surface area contributed by atoms with Crippen molar-refractivity contribution >= 4 is 62.8 Å². The predicted octanol–water partition coefficient (Wildman–Crippen LogP) is 5.65. The van der Waals surface area contributed by atoms with Gasteiger partial charge in [-0.1, -0.05) is 23.7 Å². The minimum atomic E-state index is -0.532. The molecule has 1 amide bonds. The van der Waals surface area contributed by atoms with Crippen molar-refractivity contribution in [3.8, 4) is 0 Å². The normalized spacial score (nSPS) is 10.8. The van der Waals surface area contributed by atoms with E-state index < -0.39 is 5.97 Å². The first kappa shape index (κ1) is 27.6. The summed E-state index contributed by atoms with van der Waals surface area (Å²) in [5.41, 5.74) is 4.39. The van der Waals surface area contributed by atoms with Crippen LogP contribution >= 0.6 is 35.2 Å². The summed E-state index contributed by atoms with van der Waals surface area (Å²) in [4.78, 5) is 27.8. The van der Waals surface area contributed by atoms with Gasteiger partial charge in [0.25, 0.3) is 5.91 Å². The molecule has 0 aliphatic heterocycles. The molecule has 11 heteroatoms. The third kappa shape index (κ3) is 5.88. The number of halogens is 1. The average molecular weight is 548 g/mol. The Morgan fingerprint density at radius 3 is 2.36 bits per heavy atom. The number of aryl methyl sites for hydroxylation is 1. The minimum absolute atomic E-state index is 0.130. The van der Waals surface area contributed by atoms with Crippen molar-refractivity contribution in [2.75, 3.05) is 30.8 Å². The molecule has 2 aromatic heterocycles. The number of nitrogens with one attached hydrogen (secondary N) is 2. The van der Waals surface area contributed by atoms with Crippen LogP contribution in [0.2, 0.25) is 5.02 Å². The fraction of sp³-hybridized carbons (Fsp3) is 0.360. The summed E-state index contributed by atoms with van der Waals surface area (Å²) in [6.07, 6.45) is 0. The van der Waals surface area contributed by atoms with Crippen molar-refractivity contribution in [2.24, 2.45) is 0 Å². The second-order valence-electron chi connectivity index (χ2n) is 8.14. The lowest BCUT2D eigenvalue weighted by molar-refractivity contribution is 0.0601. The molecule has 0 spiro atoms. The molecule has 2 N–H and O–H groups in total. The molecule has 3 aromatic rings. The van der Waals surface area contributed by atoms with E-state index in [-0.39, 0.29) is 11.0 Å². The van der Waals surface area contributed by atoms with Crippen molar-refractivity contribution < 1.29 is 14.3 Å². The molecule has 0 unspecified atom stereocenters. The molecule has 0 atom stereocenters. The fourth-order valence-corrected chi connectivity index (χ4v) is 5.41. The van der Waals surface area contributed by atoms with E-state index in [4.69, 9.17) is 28.6 Å². The minimum Gasteiger partial charge on any atom is -0.465 e. The zero-order valence-corrected chi connectivity index (χ0v) is 23.6. The third-order valence-corrected chi connectivity index (χ3v) is 7.53. The van der Waals surface area contributed by atoms with Crippen LogP contribution in [0.5, 0.6) is 0 Å². The second kappa shape index (κ2) is 11.9. The van der Waals surface area contributed by atoms with E-state index >= 15 is 0 Å². The van der Waals surface area contributed by atoms with Crippen LogP contribution in [0.3, 0.4) is 0 Å². The molecule has 3 rings (SSSR count). The van der Waals surface area contributed by atoms with E-state index in [1.54, 1.807) is 11.8 Å². The lowest BCUT2D eigenvalue weighted by Gasteiger charge is -2.18. The van der Waals surface area contributed by atoms with Gasteiger partial charge in [-0.15, -0.1) is 11.3 Å². The number of rotatable bonds is 8. The molecule has 0 aliphatic carbocycles. The molecule has 36 heavy (non-hydrogen) atoms. The van der Waals surface area contributed by atoms with Crippen LogP contribution in [0.25, 0.3) is 0 Å². The van der Waals surface area contributed by atoms with Crippen molar-refractivity contribution in [2.45, 2.75) is 41.2 Å². The van der Waals surface area contributed by atoms with Gasteiger partial charge in [-0.2, -0.15) is 5.10 Å². The van der Waals surface area contributed by atoms with Crippen molar-refractivity contribution in [1.29, 1.82) is 0 Å². The first-order valence-electron chi connectivity index (χ1n) is 11.5. The highest BCUT2D eigenvalue weighted by atomic mass is 35.5. The van der Waals surface area contributed by atoms with Crippen molar-refractivity contribution in [1.82, 2.24) is 14.7 Å². The molecule has 0 bridgehead atoms. The van der Waals surface area contributed by atoms with Gasteiger partial charge >= 0.3 is 5.97 Å². The Bertz CT molecular complexity index is 1280. The van der Waals surface area contributed by atoms with Crippen molar-refractivity contribution in [3.05, 3.63) is 62.2 Å². The lowest BCUT2D eigenvalue weighted by atomic mass is 10.1. The number of aromatic nitrogens is 2. The Morgan fingerprint density at radius 1 is 1.14 bits per heavy atom. The maximum Gasteiger partial charge on any atom is 0.341 e. The largest absolute Gasteiger partial charge is 0.465 e. The summed E-state index contributed by atoms with van der Waals surface area (Å²) < 4.78 is 6.88. The van der Waals surface area contributed by atoms with Gasteiger partial charge in [0.2, 0.25) is 0 Å². The first-order valence-corrected chi connectivity index (χ1v) is 13.1. The number of carbonyl (C=O) groups excluding carboxylic acids is 2. The Kier molecular flexibility index (Phi) is 9.10. The van der Waals surface area contributed by atoms with Gasteiger partial charge < -0.3 is 20.3 Å². The van der Waals surface area contributed by atoms with E-state index in [0.717, 1.165) is 22.6 Å². The van der Waals surface area contributed by atoms with Crippen molar-refractivity contribution in [3.63, 3.8) is 0 Å². The summed E-state index contributed by atoms with van der Waals surface area (Å²) in [6, 6.07) is 7.62. The molecule has 0 saturated heterocycles. The summed E-state index contributed by atoms with van der Waals surface area (Å²) >= 11 is 12.8. The zero-order valence-electron chi connectivity index (χ0n) is 21.2. The number of carbonyl (C=O) groups is 2. The molecule has 1 aromatic carbocycles. The van der Waals surface area contributed by atoms with Crippen LogP contribution in [0.1, 0.15) is 56.4 Å². The number of methoxy groups -OCH3 is 1. The molecule has 8 nitrogen and oxygen atoms in total. The molecule has 0 fully saturated rings. The first-order chi connectivity index (χ1) is 17.1. The van der Waals surface area contributed by atoms with Gasteiger partial charge in [0.1, 0.15) is 5.00 Å². The smallest absolute Gasteiger partial charge is 0.341 e. The molecule has 0 radical (unpaired) electrons. The topological polar surface area (TPSA) is 88.5 Å². The van der Waals surface area contributed by atoms with Crippen LogP contribution < -0.4 is 10.6 Å². The standard InChI is InChI=1S/C25H30ClN5O3S2/c1-7-30(8-2)23(32)21-14(3)19(24(33)34-6)22(36-21)28-25(35)27-20-15(4)29-31(16(20)5)13-17-9-11-18(26)12-10-17/h9-12H,7-8,13H2,1-6H3,(H2,27,28,35). The van der Waals surface area contributed by atoms with Crippen LogP contribution in [-0.2, 0) is 11.3 Å². The molecule has 2 heterocycles. The SMILES string of the molecule is CCN(CC)C(=O)c1sc(NC(=S)Nc2c(C)nn(Cc3ccc(Cl)cc3)c2C)c(C(=O)OC)c1C. The monoisotopic (exact) mass is 547 g/mol. The fourth-order valence-electron chi connectivity index (χ4n) is 3.85. The molecule has 0 saturated carbocycles. The maximum absolute atomic E-state index is 13.0. The molecular formula is C25H30ClN5O3S2. The summed E-state index contributed by atoms with van der Waals surface area (Å²) in [7, 11) is 1.31.